The van der Waals surface area contributed by atoms with E-state index in [2.05, 4.69) is 16.4 Å². The van der Waals surface area contributed by atoms with Gasteiger partial charge in [0.15, 0.2) is 0 Å². The normalized spacial score (nSPS) is 10.4. The number of aryl methyl sites for hydroxylation is 2. The van der Waals surface area contributed by atoms with Crippen molar-refractivity contribution in [1.29, 1.82) is 0 Å². The van der Waals surface area contributed by atoms with Crippen molar-refractivity contribution in [3.05, 3.63) is 39.8 Å². The zero-order chi connectivity index (χ0) is 16.3. The van der Waals surface area contributed by atoms with E-state index in [0.717, 1.165) is 27.6 Å². The van der Waals surface area contributed by atoms with Crippen LogP contribution >= 0.6 is 11.3 Å². The molecule has 0 fully saturated rings. The summed E-state index contributed by atoms with van der Waals surface area (Å²) in [6, 6.07) is 5.85. The summed E-state index contributed by atoms with van der Waals surface area (Å²) in [5.74, 6) is 0. The number of nitrogens with zero attached hydrogens (tertiary/aromatic N) is 3. The van der Waals surface area contributed by atoms with Crippen LogP contribution in [-0.2, 0) is 6.54 Å². The fraction of sp³-hybridized carbons (Fsp3) is 0.375. The predicted octanol–water partition coefficient (Wildman–Crippen LogP) is 3.49. The summed E-state index contributed by atoms with van der Waals surface area (Å²) in [7, 11) is 5.76. The molecule has 0 aliphatic rings. The maximum Gasteiger partial charge on any atom is 0.321 e. The lowest BCUT2D eigenvalue weighted by atomic mass is 10.1. The summed E-state index contributed by atoms with van der Waals surface area (Å²) in [6.45, 7) is 4.46. The van der Waals surface area contributed by atoms with Gasteiger partial charge in [0.1, 0.15) is 0 Å². The van der Waals surface area contributed by atoms with Crippen molar-refractivity contribution in [3.8, 4) is 0 Å². The first-order valence-corrected chi connectivity index (χ1v) is 7.96. The first-order valence-electron chi connectivity index (χ1n) is 7.08. The van der Waals surface area contributed by atoms with Crippen LogP contribution in [0.15, 0.2) is 23.6 Å². The summed E-state index contributed by atoms with van der Waals surface area (Å²) in [5, 5.41) is 5.94. The highest BCUT2D eigenvalue weighted by Gasteiger charge is 2.12. The van der Waals surface area contributed by atoms with E-state index in [0.29, 0.717) is 6.54 Å². The van der Waals surface area contributed by atoms with Gasteiger partial charge in [-0.3, -0.25) is 0 Å². The molecule has 0 saturated heterocycles. The van der Waals surface area contributed by atoms with Gasteiger partial charge in [-0.15, -0.1) is 11.3 Å². The summed E-state index contributed by atoms with van der Waals surface area (Å²) in [5.41, 5.74) is 3.90. The minimum Gasteiger partial charge on any atom is -0.378 e. The Morgan fingerprint density at radius 2 is 2.00 bits per heavy atom. The molecule has 0 saturated carbocycles. The number of urea groups is 1. The van der Waals surface area contributed by atoms with Crippen molar-refractivity contribution in [3.63, 3.8) is 0 Å². The highest BCUT2D eigenvalue weighted by Crippen LogP contribution is 2.21. The maximum atomic E-state index is 12.3. The van der Waals surface area contributed by atoms with Gasteiger partial charge >= 0.3 is 6.03 Å². The van der Waals surface area contributed by atoms with Crippen LogP contribution in [-0.4, -0.2) is 37.1 Å². The van der Waals surface area contributed by atoms with Crippen molar-refractivity contribution >= 4 is 28.7 Å². The number of benzene rings is 1. The Morgan fingerprint density at radius 1 is 1.27 bits per heavy atom. The number of anilines is 2. The number of thiazole rings is 1. The molecule has 2 amide bonds. The van der Waals surface area contributed by atoms with Gasteiger partial charge < -0.3 is 15.1 Å². The van der Waals surface area contributed by atoms with Gasteiger partial charge in [0.25, 0.3) is 0 Å². The topological polar surface area (TPSA) is 48.5 Å². The van der Waals surface area contributed by atoms with E-state index in [1.54, 1.807) is 23.3 Å². The fourth-order valence-corrected chi connectivity index (χ4v) is 2.68. The van der Waals surface area contributed by atoms with Gasteiger partial charge in [0.2, 0.25) is 0 Å². The number of hydrogen-bond donors (Lipinski definition) is 1. The Labute approximate surface area is 135 Å². The molecule has 0 spiro atoms. The Hall–Kier alpha value is -2.08. The number of nitrogens with one attached hydrogen (secondary N) is 1. The molecule has 1 aromatic carbocycles. The van der Waals surface area contributed by atoms with Crippen molar-refractivity contribution in [1.82, 2.24) is 9.88 Å². The Morgan fingerprint density at radius 3 is 2.55 bits per heavy atom. The van der Waals surface area contributed by atoms with E-state index < -0.39 is 0 Å². The van der Waals surface area contributed by atoms with E-state index in [9.17, 15) is 4.79 Å². The number of carbonyl (C=O) groups excluding carboxylic acids is 1. The van der Waals surface area contributed by atoms with Gasteiger partial charge in [-0.05, 0) is 37.6 Å². The molecule has 0 unspecified atom stereocenters. The number of rotatable bonds is 4. The summed E-state index contributed by atoms with van der Waals surface area (Å²) >= 11 is 1.59. The van der Waals surface area contributed by atoms with Gasteiger partial charge in [-0.1, -0.05) is 0 Å². The Kier molecular flexibility index (Phi) is 5.03. The van der Waals surface area contributed by atoms with Crippen molar-refractivity contribution in [2.24, 2.45) is 0 Å². The second-order valence-electron chi connectivity index (χ2n) is 5.54. The molecule has 0 atom stereocenters. The van der Waals surface area contributed by atoms with E-state index in [-0.39, 0.29) is 6.03 Å². The standard InChI is InChI=1S/C16H22N4OS/c1-11-8-14(19(3)4)6-7-15(11)18-16(21)20(5)9-13-10-22-12(2)17-13/h6-8,10H,9H2,1-5H3,(H,18,21). The molecule has 1 aromatic heterocycles. The molecular weight excluding hydrogens is 296 g/mol. The second kappa shape index (κ2) is 6.79. The number of amides is 2. The first kappa shape index (κ1) is 16.3. The minimum atomic E-state index is -0.133. The average Bonchev–Trinajstić information content (AvgIpc) is 2.85. The van der Waals surface area contributed by atoms with Crippen molar-refractivity contribution in [2.75, 3.05) is 31.4 Å². The minimum absolute atomic E-state index is 0.133. The largest absolute Gasteiger partial charge is 0.378 e. The van der Waals surface area contributed by atoms with Crippen LogP contribution in [0.25, 0.3) is 0 Å². The zero-order valence-corrected chi connectivity index (χ0v) is 14.5. The van der Waals surface area contributed by atoms with Crippen LogP contribution in [0.5, 0.6) is 0 Å². The SMILES string of the molecule is Cc1nc(CN(C)C(=O)Nc2ccc(N(C)C)cc2C)cs1. The molecule has 118 valence electrons. The summed E-state index contributed by atoms with van der Waals surface area (Å²) < 4.78 is 0. The van der Waals surface area contributed by atoms with E-state index in [1.165, 1.54) is 0 Å². The first-order chi connectivity index (χ1) is 10.4. The number of hydrogen-bond acceptors (Lipinski definition) is 4. The highest BCUT2D eigenvalue weighted by molar-refractivity contribution is 7.09. The van der Waals surface area contributed by atoms with Crippen LogP contribution in [0.1, 0.15) is 16.3 Å². The third kappa shape index (κ3) is 3.98. The number of carbonyl (C=O) groups is 1. The lowest BCUT2D eigenvalue weighted by Crippen LogP contribution is -2.31. The predicted molar refractivity (Wildman–Crippen MR) is 92.8 cm³/mol. The van der Waals surface area contributed by atoms with Crippen LogP contribution in [0.2, 0.25) is 0 Å². The zero-order valence-electron chi connectivity index (χ0n) is 13.7. The molecule has 0 bridgehead atoms. The van der Waals surface area contributed by atoms with Gasteiger partial charge in [0.05, 0.1) is 17.2 Å². The highest BCUT2D eigenvalue weighted by atomic mass is 32.1. The molecule has 1 N–H and O–H groups in total. The van der Waals surface area contributed by atoms with E-state index >= 15 is 0 Å². The van der Waals surface area contributed by atoms with E-state index in [1.807, 2.05) is 50.4 Å². The summed E-state index contributed by atoms with van der Waals surface area (Å²) in [4.78, 5) is 20.3. The smallest absolute Gasteiger partial charge is 0.321 e. The van der Waals surface area contributed by atoms with Gasteiger partial charge in [0, 0.05) is 37.9 Å². The second-order valence-corrected chi connectivity index (χ2v) is 6.60. The van der Waals surface area contributed by atoms with Crippen molar-refractivity contribution in [2.45, 2.75) is 20.4 Å². The Bertz CT molecular complexity index is 666. The maximum absolute atomic E-state index is 12.3. The molecule has 1 heterocycles. The lowest BCUT2D eigenvalue weighted by molar-refractivity contribution is 0.220. The molecule has 2 rings (SSSR count). The van der Waals surface area contributed by atoms with Gasteiger partial charge in [-0.25, -0.2) is 9.78 Å². The van der Waals surface area contributed by atoms with E-state index in [4.69, 9.17) is 0 Å². The average molecular weight is 318 g/mol. The fourth-order valence-electron chi connectivity index (χ4n) is 2.07. The van der Waals surface area contributed by atoms with Crippen molar-refractivity contribution < 1.29 is 4.79 Å². The molecular formula is C16H22N4OS. The van der Waals surface area contributed by atoms with Gasteiger partial charge in [-0.2, -0.15) is 0 Å². The Balaban J connectivity index is 2.02. The number of aromatic nitrogens is 1. The quantitative estimate of drug-likeness (QED) is 0.939. The summed E-state index contributed by atoms with van der Waals surface area (Å²) in [6.07, 6.45) is 0. The third-order valence-corrected chi connectivity index (χ3v) is 4.20. The van der Waals surface area contributed by atoms with Crippen LogP contribution in [0.4, 0.5) is 16.2 Å². The molecule has 0 aliphatic heterocycles. The lowest BCUT2D eigenvalue weighted by Gasteiger charge is -2.19. The van der Waals surface area contributed by atoms with Crippen LogP contribution in [0, 0.1) is 13.8 Å². The molecule has 0 radical (unpaired) electrons. The monoisotopic (exact) mass is 318 g/mol. The van der Waals surface area contributed by atoms with Crippen LogP contribution < -0.4 is 10.2 Å². The molecule has 5 nitrogen and oxygen atoms in total. The van der Waals surface area contributed by atoms with Crippen LogP contribution in [0.3, 0.4) is 0 Å². The molecule has 22 heavy (non-hydrogen) atoms. The molecule has 6 heteroatoms. The third-order valence-electron chi connectivity index (χ3n) is 3.38. The molecule has 2 aromatic rings. The molecule has 0 aliphatic carbocycles.